The van der Waals surface area contributed by atoms with Crippen molar-refractivity contribution in [3.05, 3.63) is 12.4 Å². The summed E-state index contributed by atoms with van der Waals surface area (Å²) in [7, 11) is 0. The fourth-order valence-electron chi connectivity index (χ4n) is 2.35. The monoisotopic (exact) mass is 252 g/mol. The molecule has 0 aliphatic heterocycles. The van der Waals surface area contributed by atoms with E-state index in [2.05, 4.69) is 15.6 Å². The molecule has 0 aromatic carbocycles. The van der Waals surface area contributed by atoms with Crippen molar-refractivity contribution in [1.82, 2.24) is 20.3 Å². The molecule has 6 heteroatoms. The molecule has 1 heterocycles. The molecule has 0 saturated heterocycles. The predicted molar refractivity (Wildman–Crippen MR) is 65.7 cm³/mol. The summed E-state index contributed by atoms with van der Waals surface area (Å²) in [5.74, 6) is -0.141. The van der Waals surface area contributed by atoms with Crippen molar-refractivity contribution < 1.29 is 9.90 Å². The van der Waals surface area contributed by atoms with Gasteiger partial charge in [-0.3, -0.25) is 4.79 Å². The zero-order valence-corrected chi connectivity index (χ0v) is 10.5. The Morgan fingerprint density at radius 3 is 2.67 bits per heavy atom. The topological polar surface area (TPSA) is 80.0 Å². The Morgan fingerprint density at radius 1 is 1.33 bits per heavy atom. The first kappa shape index (κ1) is 13.0. The van der Waals surface area contributed by atoms with Crippen molar-refractivity contribution in [2.24, 2.45) is 0 Å². The van der Waals surface area contributed by atoms with Crippen LogP contribution in [0.15, 0.2) is 12.4 Å². The minimum Gasteiger partial charge on any atom is -0.388 e. The van der Waals surface area contributed by atoms with E-state index < -0.39 is 5.60 Å². The Labute approximate surface area is 106 Å². The van der Waals surface area contributed by atoms with E-state index in [1.807, 2.05) is 0 Å². The summed E-state index contributed by atoms with van der Waals surface area (Å²) in [5.41, 5.74) is -0.728. The van der Waals surface area contributed by atoms with E-state index in [9.17, 15) is 9.90 Å². The lowest BCUT2D eigenvalue weighted by atomic mass is 9.94. The molecule has 1 aromatic rings. The summed E-state index contributed by atoms with van der Waals surface area (Å²) in [6.07, 6.45) is 9.15. The molecule has 1 aromatic heterocycles. The first-order valence-corrected chi connectivity index (χ1v) is 6.51. The Morgan fingerprint density at radius 2 is 2.06 bits per heavy atom. The molecule has 0 bridgehead atoms. The third kappa shape index (κ3) is 3.80. The van der Waals surface area contributed by atoms with Gasteiger partial charge in [0.1, 0.15) is 6.54 Å². The van der Waals surface area contributed by atoms with Crippen LogP contribution in [0.4, 0.5) is 0 Å². The number of hydrogen-bond donors (Lipinski definition) is 2. The lowest BCUT2D eigenvalue weighted by molar-refractivity contribution is -0.123. The molecule has 1 saturated carbocycles. The van der Waals surface area contributed by atoms with Gasteiger partial charge in [-0.15, -0.1) is 5.10 Å². The third-order valence-electron chi connectivity index (χ3n) is 3.43. The largest absolute Gasteiger partial charge is 0.388 e. The molecule has 0 radical (unpaired) electrons. The SMILES string of the molecule is O=C(Cn1ccnn1)NCC1(O)CCCCCC1. The highest BCUT2D eigenvalue weighted by Gasteiger charge is 2.28. The summed E-state index contributed by atoms with van der Waals surface area (Å²) in [6, 6.07) is 0. The minimum absolute atomic E-state index is 0.141. The van der Waals surface area contributed by atoms with Gasteiger partial charge in [0, 0.05) is 12.7 Å². The molecule has 1 aliphatic carbocycles. The van der Waals surface area contributed by atoms with Crippen LogP contribution in [0.3, 0.4) is 0 Å². The molecular formula is C12H20N4O2. The summed E-state index contributed by atoms with van der Waals surface area (Å²) in [5, 5.41) is 20.5. The second-order valence-electron chi connectivity index (χ2n) is 5.02. The molecule has 1 fully saturated rings. The van der Waals surface area contributed by atoms with Gasteiger partial charge in [-0.1, -0.05) is 30.9 Å². The van der Waals surface area contributed by atoms with E-state index in [-0.39, 0.29) is 12.5 Å². The molecule has 100 valence electrons. The van der Waals surface area contributed by atoms with Gasteiger partial charge in [0.15, 0.2) is 0 Å². The smallest absolute Gasteiger partial charge is 0.241 e. The molecule has 2 N–H and O–H groups in total. The number of nitrogens with zero attached hydrogens (tertiary/aromatic N) is 3. The number of aliphatic hydroxyl groups is 1. The third-order valence-corrected chi connectivity index (χ3v) is 3.43. The van der Waals surface area contributed by atoms with Crippen LogP contribution in [0.5, 0.6) is 0 Å². The van der Waals surface area contributed by atoms with Crippen LogP contribution < -0.4 is 5.32 Å². The summed E-state index contributed by atoms with van der Waals surface area (Å²) in [6.45, 7) is 0.483. The van der Waals surface area contributed by atoms with Gasteiger partial charge in [-0.05, 0) is 12.8 Å². The number of carbonyl (C=O) groups is 1. The zero-order chi connectivity index (χ0) is 12.8. The number of amides is 1. The first-order valence-electron chi connectivity index (χ1n) is 6.51. The Bertz CT molecular complexity index is 369. The predicted octanol–water partition coefficient (Wildman–Crippen LogP) is 0.480. The number of aromatic nitrogens is 3. The molecule has 0 spiro atoms. The Balaban J connectivity index is 1.77. The molecule has 0 unspecified atom stereocenters. The normalized spacial score (nSPS) is 19.2. The highest BCUT2D eigenvalue weighted by molar-refractivity contribution is 5.75. The standard InChI is InChI=1S/C12H20N4O2/c17-11(9-16-8-7-14-15-16)13-10-12(18)5-3-1-2-4-6-12/h7-8,18H,1-6,9-10H2,(H,13,17). The fraction of sp³-hybridized carbons (Fsp3) is 0.750. The molecule has 6 nitrogen and oxygen atoms in total. The second kappa shape index (κ2) is 5.95. The second-order valence-corrected chi connectivity index (χ2v) is 5.02. The molecule has 0 atom stereocenters. The quantitative estimate of drug-likeness (QED) is 0.764. The average molecular weight is 252 g/mol. The number of hydrogen-bond acceptors (Lipinski definition) is 4. The van der Waals surface area contributed by atoms with Gasteiger partial charge >= 0.3 is 0 Å². The first-order chi connectivity index (χ1) is 8.68. The van der Waals surface area contributed by atoms with Crippen molar-refractivity contribution in [2.75, 3.05) is 6.54 Å². The van der Waals surface area contributed by atoms with Crippen molar-refractivity contribution in [3.8, 4) is 0 Å². The lowest BCUT2D eigenvalue weighted by Gasteiger charge is -2.26. The van der Waals surface area contributed by atoms with Gasteiger partial charge in [0.05, 0.1) is 11.8 Å². The van der Waals surface area contributed by atoms with E-state index in [1.165, 1.54) is 23.7 Å². The van der Waals surface area contributed by atoms with Crippen LogP contribution in [0.2, 0.25) is 0 Å². The van der Waals surface area contributed by atoms with Gasteiger partial charge in [0.25, 0.3) is 0 Å². The van der Waals surface area contributed by atoms with E-state index >= 15 is 0 Å². The number of carbonyl (C=O) groups excluding carboxylic acids is 1. The maximum absolute atomic E-state index is 11.7. The molecular weight excluding hydrogens is 232 g/mol. The van der Waals surface area contributed by atoms with Crippen molar-refractivity contribution in [1.29, 1.82) is 0 Å². The van der Waals surface area contributed by atoms with Crippen LogP contribution in [-0.2, 0) is 11.3 Å². The van der Waals surface area contributed by atoms with Crippen molar-refractivity contribution in [2.45, 2.75) is 50.7 Å². The van der Waals surface area contributed by atoms with Crippen LogP contribution in [0.25, 0.3) is 0 Å². The van der Waals surface area contributed by atoms with Gasteiger partial charge in [-0.25, -0.2) is 4.68 Å². The average Bonchev–Trinajstić information content (AvgIpc) is 2.75. The highest BCUT2D eigenvalue weighted by Crippen LogP contribution is 2.26. The van der Waals surface area contributed by atoms with Crippen LogP contribution in [-0.4, -0.2) is 38.2 Å². The lowest BCUT2D eigenvalue weighted by Crippen LogP contribution is -2.43. The summed E-state index contributed by atoms with van der Waals surface area (Å²) in [4.78, 5) is 11.7. The summed E-state index contributed by atoms with van der Waals surface area (Å²) >= 11 is 0. The van der Waals surface area contributed by atoms with E-state index in [1.54, 1.807) is 6.20 Å². The molecule has 18 heavy (non-hydrogen) atoms. The van der Waals surface area contributed by atoms with E-state index in [0.29, 0.717) is 6.54 Å². The molecule has 1 amide bonds. The maximum atomic E-state index is 11.7. The summed E-state index contributed by atoms with van der Waals surface area (Å²) < 4.78 is 1.46. The van der Waals surface area contributed by atoms with Gasteiger partial charge in [0.2, 0.25) is 5.91 Å². The maximum Gasteiger partial charge on any atom is 0.241 e. The van der Waals surface area contributed by atoms with Gasteiger partial charge in [-0.2, -0.15) is 0 Å². The number of nitrogens with one attached hydrogen (secondary N) is 1. The van der Waals surface area contributed by atoms with Crippen molar-refractivity contribution >= 4 is 5.91 Å². The fourth-order valence-corrected chi connectivity index (χ4v) is 2.35. The minimum atomic E-state index is -0.728. The Hall–Kier alpha value is -1.43. The Kier molecular flexibility index (Phi) is 4.30. The van der Waals surface area contributed by atoms with E-state index in [0.717, 1.165) is 25.7 Å². The van der Waals surface area contributed by atoms with Crippen LogP contribution in [0.1, 0.15) is 38.5 Å². The van der Waals surface area contributed by atoms with Crippen molar-refractivity contribution in [3.63, 3.8) is 0 Å². The van der Waals surface area contributed by atoms with Crippen LogP contribution in [0, 0.1) is 0 Å². The van der Waals surface area contributed by atoms with Crippen LogP contribution >= 0.6 is 0 Å². The highest BCUT2D eigenvalue weighted by atomic mass is 16.3. The zero-order valence-electron chi connectivity index (χ0n) is 10.5. The molecule has 2 rings (SSSR count). The van der Waals surface area contributed by atoms with Gasteiger partial charge < -0.3 is 10.4 Å². The number of rotatable bonds is 4. The van der Waals surface area contributed by atoms with E-state index in [4.69, 9.17) is 0 Å². The molecule has 1 aliphatic rings.